The van der Waals surface area contributed by atoms with E-state index in [1.54, 1.807) is 14.2 Å². The van der Waals surface area contributed by atoms with E-state index in [2.05, 4.69) is 51.5 Å². The largest absolute Gasteiger partial charge is 0.493 e. The summed E-state index contributed by atoms with van der Waals surface area (Å²) in [6, 6.07) is 13.2. The van der Waals surface area contributed by atoms with Gasteiger partial charge in [0.2, 0.25) is 0 Å². The van der Waals surface area contributed by atoms with Gasteiger partial charge in [-0.05, 0) is 41.2 Å². The number of hydrogen-bond acceptors (Lipinski definition) is 4. The topological polar surface area (TPSA) is 50.4 Å². The fourth-order valence-corrected chi connectivity index (χ4v) is 4.63. The van der Waals surface area contributed by atoms with Crippen LogP contribution in [0.5, 0.6) is 11.5 Å². The van der Waals surface area contributed by atoms with Gasteiger partial charge in [0.15, 0.2) is 11.5 Å². The summed E-state index contributed by atoms with van der Waals surface area (Å²) < 4.78 is 11.4. The second kappa shape index (κ2) is 6.43. The number of nitrogens with zero attached hydrogens (tertiary/aromatic N) is 2. The molecular weight excluding hydrogens is 338 g/mol. The van der Waals surface area contributed by atoms with Gasteiger partial charge in [-0.2, -0.15) is 5.10 Å². The zero-order valence-electron chi connectivity index (χ0n) is 15.7. The minimum atomic E-state index is 0.328. The van der Waals surface area contributed by atoms with Crippen molar-refractivity contribution < 1.29 is 9.47 Å². The summed E-state index contributed by atoms with van der Waals surface area (Å²) in [4.78, 5) is 2.59. The van der Waals surface area contributed by atoms with Gasteiger partial charge in [-0.25, -0.2) is 0 Å². The summed E-state index contributed by atoms with van der Waals surface area (Å²) >= 11 is 0. The van der Waals surface area contributed by atoms with Gasteiger partial charge in [-0.3, -0.25) is 10.00 Å². The fourth-order valence-electron chi connectivity index (χ4n) is 4.63. The quantitative estimate of drug-likeness (QED) is 0.769. The number of hydrogen-bond donors (Lipinski definition) is 1. The zero-order chi connectivity index (χ0) is 18.4. The Morgan fingerprint density at radius 2 is 2.00 bits per heavy atom. The molecule has 0 bridgehead atoms. The molecule has 138 valence electrons. The number of benzene rings is 2. The summed E-state index contributed by atoms with van der Waals surface area (Å²) in [6.07, 6.45) is 3.93. The first-order valence-electron chi connectivity index (χ1n) is 9.38. The van der Waals surface area contributed by atoms with Crippen molar-refractivity contribution in [2.45, 2.75) is 25.4 Å². The van der Waals surface area contributed by atoms with Crippen molar-refractivity contribution in [2.75, 3.05) is 20.8 Å². The van der Waals surface area contributed by atoms with E-state index in [1.165, 1.54) is 22.3 Å². The number of ether oxygens (including phenoxy) is 2. The standard InChI is InChI=1S/C22H23N3O2/c1-26-18-11-15-8-9-25(13-14-6-4-3-5-7-14)17-10-16-12-23-24-21(16)20(19(15)17)22(18)27-2/h3-7,11-12,17H,8-10,13H2,1-2H3,(H,23,24). The molecule has 0 spiro atoms. The predicted molar refractivity (Wildman–Crippen MR) is 104 cm³/mol. The van der Waals surface area contributed by atoms with E-state index >= 15 is 0 Å². The molecule has 5 heteroatoms. The van der Waals surface area contributed by atoms with Crippen LogP contribution in [-0.2, 0) is 19.4 Å². The zero-order valence-corrected chi connectivity index (χ0v) is 15.7. The molecule has 0 radical (unpaired) electrons. The predicted octanol–water partition coefficient (Wildman–Crippen LogP) is 3.75. The molecule has 27 heavy (non-hydrogen) atoms. The molecule has 2 heterocycles. The van der Waals surface area contributed by atoms with Crippen molar-refractivity contribution in [3.8, 4) is 22.8 Å². The molecule has 3 aromatic rings. The Balaban J connectivity index is 1.66. The van der Waals surface area contributed by atoms with Crippen molar-refractivity contribution in [3.05, 3.63) is 64.8 Å². The van der Waals surface area contributed by atoms with Crippen LogP contribution in [0.2, 0.25) is 0 Å². The number of methoxy groups -OCH3 is 2. The third-order valence-corrected chi connectivity index (χ3v) is 5.85. The first-order chi connectivity index (χ1) is 13.3. The van der Waals surface area contributed by atoms with Gasteiger partial charge in [0, 0.05) is 19.1 Å². The second-order valence-corrected chi connectivity index (χ2v) is 7.26. The summed E-state index contributed by atoms with van der Waals surface area (Å²) in [5.74, 6) is 1.59. The van der Waals surface area contributed by atoms with Crippen LogP contribution in [0.25, 0.3) is 11.3 Å². The lowest BCUT2D eigenvalue weighted by Crippen LogP contribution is -2.38. The van der Waals surface area contributed by atoms with Crippen LogP contribution in [0.3, 0.4) is 0 Å². The highest BCUT2D eigenvalue weighted by molar-refractivity contribution is 5.81. The molecule has 5 nitrogen and oxygen atoms in total. The summed E-state index contributed by atoms with van der Waals surface area (Å²) in [6.45, 7) is 1.99. The molecule has 0 fully saturated rings. The third-order valence-electron chi connectivity index (χ3n) is 5.85. The van der Waals surface area contributed by atoms with E-state index in [0.717, 1.165) is 48.7 Å². The van der Waals surface area contributed by atoms with E-state index in [0.29, 0.717) is 6.04 Å². The lowest BCUT2D eigenvalue weighted by atomic mass is 9.79. The molecule has 1 aromatic heterocycles. The van der Waals surface area contributed by atoms with Crippen molar-refractivity contribution in [3.63, 3.8) is 0 Å². The average Bonchev–Trinajstić information content (AvgIpc) is 3.18. The molecule has 1 aliphatic heterocycles. The third kappa shape index (κ3) is 2.53. The Morgan fingerprint density at radius 3 is 2.78 bits per heavy atom. The van der Waals surface area contributed by atoms with Crippen LogP contribution in [0.15, 0.2) is 42.6 Å². The maximum atomic E-state index is 5.80. The fraction of sp³-hybridized carbons (Fsp3) is 0.318. The Bertz CT molecular complexity index is 981. The van der Waals surface area contributed by atoms with E-state index in [4.69, 9.17) is 9.47 Å². The van der Waals surface area contributed by atoms with Crippen LogP contribution in [-0.4, -0.2) is 35.9 Å². The molecule has 0 amide bonds. The normalized spacial score (nSPS) is 17.9. The van der Waals surface area contributed by atoms with Gasteiger partial charge in [0.05, 0.1) is 31.7 Å². The molecule has 1 unspecified atom stereocenters. The smallest absolute Gasteiger partial charge is 0.170 e. The lowest BCUT2D eigenvalue weighted by molar-refractivity contribution is 0.173. The first-order valence-corrected chi connectivity index (χ1v) is 9.38. The molecule has 2 aromatic carbocycles. The highest BCUT2D eigenvalue weighted by atomic mass is 16.5. The van der Waals surface area contributed by atoms with Crippen LogP contribution < -0.4 is 9.47 Å². The minimum Gasteiger partial charge on any atom is -0.493 e. The monoisotopic (exact) mass is 361 g/mol. The molecule has 1 atom stereocenters. The maximum Gasteiger partial charge on any atom is 0.170 e. The van der Waals surface area contributed by atoms with Gasteiger partial charge in [-0.15, -0.1) is 0 Å². The van der Waals surface area contributed by atoms with E-state index in [9.17, 15) is 0 Å². The van der Waals surface area contributed by atoms with Crippen LogP contribution in [0, 0.1) is 0 Å². The van der Waals surface area contributed by atoms with Gasteiger partial charge >= 0.3 is 0 Å². The molecule has 0 saturated heterocycles. The highest BCUT2D eigenvalue weighted by Gasteiger charge is 2.38. The van der Waals surface area contributed by atoms with Crippen LogP contribution in [0.4, 0.5) is 0 Å². The molecule has 1 aliphatic carbocycles. The summed E-state index contributed by atoms with van der Waals surface area (Å²) in [5, 5.41) is 7.52. The Labute approximate surface area is 158 Å². The SMILES string of the molecule is COc1cc2c3c(c1OC)-c1[nH]ncc1CC3N(Cc1ccccc1)CC2. The second-order valence-electron chi connectivity index (χ2n) is 7.26. The van der Waals surface area contributed by atoms with E-state index in [-0.39, 0.29) is 0 Å². The number of rotatable bonds is 4. The Kier molecular flexibility index (Phi) is 3.90. The highest BCUT2D eigenvalue weighted by Crippen LogP contribution is 2.51. The number of fused-ring (bicyclic) bond motifs is 2. The number of H-pyrrole nitrogens is 1. The maximum absolute atomic E-state index is 5.80. The number of aromatic nitrogens is 2. The molecular formula is C22H23N3O2. The van der Waals surface area contributed by atoms with E-state index in [1.807, 2.05) is 6.20 Å². The van der Waals surface area contributed by atoms with Crippen LogP contribution in [0.1, 0.15) is 28.3 Å². The number of aromatic amines is 1. The van der Waals surface area contributed by atoms with Crippen LogP contribution >= 0.6 is 0 Å². The Hall–Kier alpha value is -2.79. The molecule has 5 rings (SSSR count). The van der Waals surface area contributed by atoms with Crippen molar-refractivity contribution in [2.24, 2.45) is 0 Å². The first kappa shape index (κ1) is 16.4. The molecule has 1 N–H and O–H groups in total. The van der Waals surface area contributed by atoms with Crippen molar-refractivity contribution >= 4 is 0 Å². The van der Waals surface area contributed by atoms with Gasteiger partial charge < -0.3 is 9.47 Å². The van der Waals surface area contributed by atoms with Crippen molar-refractivity contribution in [1.29, 1.82) is 0 Å². The summed E-state index contributed by atoms with van der Waals surface area (Å²) in [7, 11) is 3.42. The van der Waals surface area contributed by atoms with Gasteiger partial charge in [0.25, 0.3) is 0 Å². The average molecular weight is 361 g/mol. The summed E-state index contributed by atoms with van der Waals surface area (Å²) in [5.41, 5.74) is 7.50. The van der Waals surface area contributed by atoms with Crippen molar-refractivity contribution in [1.82, 2.24) is 15.1 Å². The Morgan fingerprint density at radius 1 is 1.15 bits per heavy atom. The van der Waals surface area contributed by atoms with Gasteiger partial charge in [-0.1, -0.05) is 30.3 Å². The van der Waals surface area contributed by atoms with Gasteiger partial charge in [0.1, 0.15) is 0 Å². The van der Waals surface area contributed by atoms with E-state index < -0.39 is 0 Å². The minimum absolute atomic E-state index is 0.328. The molecule has 0 saturated carbocycles. The lowest BCUT2D eigenvalue weighted by Gasteiger charge is -2.41. The molecule has 2 aliphatic rings. The number of nitrogens with one attached hydrogen (secondary N) is 1.